The van der Waals surface area contributed by atoms with Gasteiger partial charge >= 0.3 is 0 Å². The first-order chi connectivity index (χ1) is 8.41. The maximum Gasteiger partial charge on any atom is 0.208 e. The van der Waals surface area contributed by atoms with Crippen LogP contribution in [0.1, 0.15) is 0 Å². The summed E-state index contributed by atoms with van der Waals surface area (Å²) >= 11 is 11.6. The molecule has 2 aromatic rings. The Morgan fingerprint density at radius 3 is 2.11 bits per heavy atom. The minimum absolute atomic E-state index is 0.0284. The standard InChI is InChI=1S/C12H9Cl2NO2S/c13-8-1-4-10(5-2-8)18(16,17)12-6-3-9(15)7-11(12)14/h1-7H,15H2. The van der Waals surface area contributed by atoms with Gasteiger partial charge in [0.25, 0.3) is 0 Å². The number of rotatable bonds is 2. The second kappa shape index (κ2) is 4.80. The van der Waals surface area contributed by atoms with Crippen molar-refractivity contribution in [2.45, 2.75) is 9.79 Å². The van der Waals surface area contributed by atoms with Crippen molar-refractivity contribution in [3.05, 3.63) is 52.5 Å². The molecule has 2 N–H and O–H groups in total. The van der Waals surface area contributed by atoms with Gasteiger partial charge in [-0.3, -0.25) is 0 Å². The summed E-state index contributed by atoms with van der Waals surface area (Å²) in [6.45, 7) is 0. The zero-order valence-electron chi connectivity index (χ0n) is 9.10. The highest BCUT2D eigenvalue weighted by Crippen LogP contribution is 2.29. The molecule has 2 aromatic carbocycles. The van der Waals surface area contributed by atoms with Crippen LogP contribution in [-0.4, -0.2) is 8.42 Å². The van der Waals surface area contributed by atoms with Crippen molar-refractivity contribution in [2.75, 3.05) is 5.73 Å². The Hall–Kier alpha value is -1.23. The molecule has 3 nitrogen and oxygen atoms in total. The molecule has 0 saturated heterocycles. The predicted octanol–water partition coefficient (Wildman–Crippen LogP) is 3.41. The highest BCUT2D eigenvalue weighted by molar-refractivity contribution is 7.91. The Balaban J connectivity index is 2.58. The molecule has 0 saturated carbocycles. The lowest BCUT2D eigenvalue weighted by Gasteiger charge is -2.07. The Bertz CT molecular complexity index is 682. The van der Waals surface area contributed by atoms with Crippen LogP contribution in [0.25, 0.3) is 0 Å². The number of sulfone groups is 1. The van der Waals surface area contributed by atoms with Gasteiger partial charge in [0, 0.05) is 10.7 Å². The molecule has 0 amide bonds. The maximum absolute atomic E-state index is 12.3. The maximum atomic E-state index is 12.3. The van der Waals surface area contributed by atoms with E-state index in [4.69, 9.17) is 28.9 Å². The van der Waals surface area contributed by atoms with Crippen molar-refractivity contribution >= 4 is 38.7 Å². The summed E-state index contributed by atoms with van der Waals surface area (Å²) in [6.07, 6.45) is 0. The van der Waals surface area contributed by atoms with Gasteiger partial charge in [-0.2, -0.15) is 0 Å². The third kappa shape index (κ3) is 2.46. The van der Waals surface area contributed by atoms with Crippen LogP contribution >= 0.6 is 23.2 Å². The largest absolute Gasteiger partial charge is 0.399 e. The Labute approximate surface area is 115 Å². The van der Waals surface area contributed by atoms with Crippen molar-refractivity contribution in [3.8, 4) is 0 Å². The summed E-state index contributed by atoms with van der Waals surface area (Å²) in [7, 11) is -3.65. The Morgan fingerprint density at radius 2 is 1.56 bits per heavy atom. The quantitative estimate of drug-likeness (QED) is 0.865. The van der Waals surface area contributed by atoms with E-state index in [-0.39, 0.29) is 14.8 Å². The van der Waals surface area contributed by atoms with Crippen LogP contribution in [0.3, 0.4) is 0 Å². The number of hydrogen-bond acceptors (Lipinski definition) is 3. The Morgan fingerprint density at radius 1 is 0.944 bits per heavy atom. The summed E-state index contributed by atoms with van der Waals surface area (Å²) in [5.41, 5.74) is 5.94. The van der Waals surface area contributed by atoms with E-state index in [2.05, 4.69) is 0 Å². The average Bonchev–Trinajstić information content (AvgIpc) is 2.29. The van der Waals surface area contributed by atoms with Gasteiger partial charge in [0.1, 0.15) is 0 Å². The lowest BCUT2D eigenvalue weighted by molar-refractivity contribution is 0.596. The van der Waals surface area contributed by atoms with Crippen LogP contribution < -0.4 is 5.73 Å². The molecule has 0 bridgehead atoms. The van der Waals surface area contributed by atoms with E-state index in [1.54, 1.807) is 0 Å². The second-order valence-corrected chi connectivity index (χ2v) is 6.41. The van der Waals surface area contributed by atoms with Gasteiger partial charge in [0.05, 0.1) is 14.8 Å². The van der Waals surface area contributed by atoms with E-state index in [1.807, 2.05) is 0 Å². The molecule has 0 atom stereocenters. The van der Waals surface area contributed by atoms with E-state index >= 15 is 0 Å². The fraction of sp³-hybridized carbons (Fsp3) is 0. The summed E-state index contributed by atoms with van der Waals surface area (Å²) < 4.78 is 24.6. The lowest BCUT2D eigenvalue weighted by atomic mass is 10.3. The van der Waals surface area contributed by atoms with E-state index in [1.165, 1.54) is 42.5 Å². The minimum Gasteiger partial charge on any atom is -0.399 e. The van der Waals surface area contributed by atoms with Gasteiger partial charge in [-0.25, -0.2) is 8.42 Å². The number of nitrogen functional groups attached to an aromatic ring is 1. The second-order valence-electron chi connectivity index (χ2n) is 3.65. The fourth-order valence-electron chi connectivity index (χ4n) is 1.48. The van der Waals surface area contributed by atoms with Crippen LogP contribution in [0.15, 0.2) is 52.3 Å². The third-order valence-corrected chi connectivity index (χ3v) is 4.87. The predicted molar refractivity (Wildman–Crippen MR) is 72.8 cm³/mol. The van der Waals surface area contributed by atoms with E-state index in [0.717, 1.165) is 0 Å². The third-order valence-electron chi connectivity index (χ3n) is 2.37. The lowest BCUT2D eigenvalue weighted by Crippen LogP contribution is -2.03. The van der Waals surface area contributed by atoms with E-state index in [0.29, 0.717) is 10.7 Å². The van der Waals surface area contributed by atoms with Gasteiger partial charge in [-0.15, -0.1) is 0 Å². The minimum atomic E-state index is -3.65. The molecule has 0 heterocycles. The summed E-state index contributed by atoms with van der Waals surface area (Å²) in [5, 5.41) is 0.572. The molecule has 0 aromatic heterocycles. The van der Waals surface area contributed by atoms with Gasteiger partial charge in [0.2, 0.25) is 9.84 Å². The monoisotopic (exact) mass is 301 g/mol. The van der Waals surface area contributed by atoms with Crippen LogP contribution in [0.2, 0.25) is 10.0 Å². The number of halogens is 2. The highest BCUT2D eigenvalue weighted by atomic mass is 35.5. The molecule has 2 rings (SSSR count). The molecule has 0 aliphatic heterocycles. The van der Waals surface area contributed by atoms with Crippen molar-refractivity contribution in [2.24, 2.45) is 0 Å². The molecule has 0 spiro atoms. The van der Waals surface area contributed by atoms with Crippen LogP contribution in [0, 0.1) is 0 Å². The Kier molecular flexibility index (Phi) is 3.52. The number of benzene rings is 2. The molecule has 18 heavy (non-hydrogen) atoms. The number of hydrogen-bond donors (Lipinski definition) is 1. The first-order valence-corrected chi connectivity index (χ1v) is 7.21. The van der Waals surface area contributed by atoms with Crippen molar-refractivity contribution in [3.63, 3.8) is 0 Å². The first kappa shape index (κ1) is 13.2. The summed E-state index contributed by atoms with van der Waals surface area (Å²) in [6, 6.07) is 10.2. The van der Waals surface area contributed by atoms with Crippen LogP contribution in [0.5, 0.6) is 0 Å². The topological polar surface area (TPSA) is 60.2 Å². The smallest absolute Gasteiger partial charge is 0.208 e. The highest BCUT2D eigenvalue weighted by Gasteiger charge is 2.20. The summed E-state index contributed by atoms with van der Waals surface area (Å²) in [4.78, 5) is 0.166. The summed E-state index contributed by atoms with van der Waals surface area (Å²) in [5.74, 6) is 0. The van der Waals surface area contributed by atoms with E-state index in [9.17, 15) is 8.42 Å². The molecule has 0 fully saturated rings. The zero-order chi connectivity index (χ0) is 13.3. The van der Waals surface area contributed by atoms with Gasteiger partial charge < -0.3 is 5.73 Å². The molecule has 0 aliphatic carbocycles. The van der Waals surface area contributed by atoms with Crippen LogP contribution in [-0.2, 0) is 9.84 Å². The SMILES string of the molecule is Nc1ccc(S(=O)(=O)c2ccc(Cl)cc2)c(Cl)c1. The first-order valence-electron chi connectivity index (χ1n) is 4.97. The van der Waals surface area contributed by atoms with Gasteiger partial charge in [0.15, 0.2) is 0 Å². The molecule has 0 radical (unpaired) electrons. The molecule has 0 aliphatic rings. The average molecular weight is 302 g/mol. The zero-order valence-corrected chi connectivity index (χ0v) is 11.4. The normalized spacial score (nSPS) is 11.4. The number of anilines is 1. The molecular weight excluding hydrogens is 293 g/mol. The van der Waals surface area contributed by atoms with Crippen molar-refractivity contribution < 1.29 is 8.42 Å². The van der Waals surface area contributed by atoms with Gasteiger partial charge in [-0.05, 0) is 42.5 Å². The molecular formula is C12H9Cl2NO2S. The van der Waals surface area contributed by atoms with Crippen LogP contribution in [0.4, 0.5) is 5.69 Å². The van der Waals surface area contributed by atoms with E-state index < -0.39 is 9.84 Å². The molecule has 6 heteroatoms. The number of nitrogens with two attached hydrogens (primary N) is 1. The van der Waals surface area contributed by atoms with Crippen molar-refractivity contribution in [1.29, 1.82) is 0 Å². The fourth-order valence-corrected chi connectivity index (χ4v) is 3.41. The molecule has 94 valence electrons. The van der Waals surface area contributed by atoms with Gasteiger partial charge in [-0.1, -0.05) is 23.2 Å². The van der Waals surface area contributed by atoms with Crippen molar-refractivity contribution in [1.82, 2.24) is 0 Å². The molecule has 0 unspecified atom stereocenters.